The van der Waals surface area contributed by atoms with Crippen LogP contribution in [0, 0.1) is 5.92 Å². The largest absolute Gasteiger partial charge is 0.493 e. The van der Waals surface area contributed by atoms with Crippen LogP contribution in [-0.2, 0) is 5.41 Å². The van der Waals surface area contributed by atoms with Crippen LogP contribution in [0.3, 0.4) is 0 Å². The molecule has 1 N–H and O–H groups in total. The van der Waals surface area contributed by atoms with Crippen LogP contribution in [0.25, 0.3) is 10.9 Å². The monoisotopic (exact) mass is 471 g/mol. The van der Waals surface area contributed by atoms with Gasteiger partial charge in [-0.05, 0) is 50.6 Å². The highest BCUT2D eigenvalue weighted by Gasteiger charge is 2.60. The highest BCUT2D eigenvalue weighted by molar-refractivity contribution is 6.09. The van der Waals surface area contributed by atoms with Crippen LogP contribution >= 0.6 is 0 Å². The smallest absolute Gasteiger partial charge is 0.274 e. The van der Waals surface area contributed by atoms with E-state index < -0.39 is 0 Å². The molecule has 2 aromatic carbocycles. The fourth-order valence-electron chi connectivity index (χ4n) is 5.97. The number of benzene rings is 2. The zero-order valence-electron chi connectivity index (χ0n) is 20.3. The zero-order valence-corrected chi connectivity index (χ0v) is 20.3. The number of carbonyl (C=O) groups is 2. The van der Waals surface area contributed by atoms with E-state index in [2.05, 4.69) is 16.0 Å². The van der Waals surface area contributed by atoms with Crippen molar-refractivity contribution in [2.45, 2.75) is 18.3 Å². The fraction of sp³-hybridized carbons (Fsp3) is 0.357. The number of aromatic amines is 1. The topological polar surface area (TPSA) is 74.9 Å². The molecule has 180 valence electrons. The van der Waals surface area contributed by atoms with Gasteiger partial charge in [0.05, 0.1) is 7.11 Å². The van der Waals surface area contributed by atoms with Gasteiger partial charge < -0.3 is 24.3 Å². The molecule has 0 bridgehead atoms. The lowest BCUT2D eigenvalue weighted by Crippen LogP contribution is -2.45. The maximum atomic E-state index is 13.8. The molecule has 1 saturated heterocycles. The third-order valence-corrected chi connectivity index (χ3v) is 7.85. The molecular formula is C28H29N3O4. The van der Waals surface area contributed by atoms with E-state index in [1.807, 2.05) is 55.4 Å². The van der Waals surface area contributed by atoms with Gasteiger partial charge in [0.2, 0.25) is 0 Å². The molecule has 7 heteroatoms. The summed E-state index contributed by atoms with van der Waals surface area (Å²) in [5.74, 6) is 1.48. The molecular weight excluding hydrogens is 442 g/mol. The van der Waals surface area contributed by atoms with E-state index in [-0.39, 0.29) is 17.1 Å². The lowest BCUT2D eigenvalue weighted by molar-refractivity contribution is 0.0814. The normalized spacial score (nSPS) is 22.4. The maximum Gasteiger partial charge on any atom is 0.274 e. The summed E-state index contributed by atoms with van der Waals surface area (Å²) in [6.45, 7) is 1.95. The summed E-state index contributed by atoms with van der Waals surface area (Å²) in [7, 11) is 5.60. The van der Waals surface area contributed by atoms with Crippen molar-refractivity contribution < 1.29 is 19.1 Å². The van der Waals surface area contributed by atoms with Gasteiger partial charge >= 0.3 is 0 Å². The van der Waals surface area contributed by atoms with Gasteiger partial charge in [0.25, 0.3) is 5.91 Å². The third kappa shape index (κ3) is 3.22. The van der Waals surface area contributed by atoms with Crippen molar-refractivity contribution in [3.63, 3.8) is 0 Å². The Bertz CT molecular complexity index is 1390. The minimum absolute atomic E-state index is 0.0209. The quantitative estimate of drug-likeness (QED) is 0.588. The standard InChI is InChI=1S/C28H29N3O4/c1-30(2)10-11-35-25-13-17-12-22(29-21(17)14-24(25)34-3)27(33)31-16-18-8-9-28(18)20-7-5-4-6-19(20)23(32)15-26(28)31/h4-7,12-15,18,29H,8-11,16H2,1-3H3. The minimum Gasteiger partial charge on any atom is -0.493 e. The highest BCUT2D eigenvalue weighted by Crippen LogP contribution is 2.61. The van der Waals surface area contributed by atoms with E-state index in [9.17, 15) is 9.59 Å². The number of amides is 1. The lowest BCUT2D eigenvalue weighted by Gasteiger charge is -2.47. The summed E-state index contributed by atoms with van der Waals surface area (Å²) >= 11 is 0. The van der Waals surface area contributed by atoms with Crippen molar-refractivity contribution in [3.05, 3.63) is 71.1 Å². The van der Waals surface area contributed by atoms with Gasteiger partial charge in [-0.3, -0.25) is 9.59 Å². The Balaban J connectivity index is 1.33. The Labute approximate surface area is 204 Å². The average Bonchev–Trinajstić information content (AvgIpc) is 3.34. The SMILES string of the molecule is COc1cc2[nH]c(C(=O)N3CC4CCC45C3=CC(=O)c3ccccc35)cc2cc1OCCN(C)C. The zero-order chi connectivity index (χ0) is 24.3. The fourth-order valence-corrected chi connectivity index (χ4v) is 5.97. The van der Waals surface area contributed by atoms with Gasteiger partial charge in [0, 0.05) is 52.8 Å². The summed E-state index contributed by atoms with van der Waals surface area (Å²) in [5.41, 5.74) is 3.79. The number of likely N-dealkylation sites (N-methyl/N-ethyl adjacent to an activating group) is 1. The number of allylic oxidation sites excluding steroid dienone is 2. The molecule has 2 aliphatic carbocycles. The van der Waals surface area contributed by atoms with Gasteiger partial charge in [0.15, 0.2) is 17.3 Å². The van der Waals surface area contributed by atoms with Crippen molar-refractivity contribution in [2.24, 2.45) is 5.92 Å². The molecule has 1 amide bonds. The van der Waals surface area contributed by atoms with Crippen LogP contribution in [0.4, 0.5) is 0 Å². The van der Waals surface area contributed by atoms with E-state index in [1.54, 1.807) is 13.2 Å². The number of fused-ring (bicyclic) bond motifs is 2. The molecule has 35 heavy (non-hydrogen) atoms. The second-order valence-corrected chi connectivity index (χ2v) is 9.99. The Hall–Kier alpha value is -3.58. The molecule has 2 heterocycles. The van der Waals surface area contributed by atoms with E-state index in [4.69, 9.17) is 9.47 Å². The van der Waals surface area contributed by atoms with Crippen LogP contribution in [-0.4, -0.2) is 67.4 Å². The van der Waals surface area contributed by atoms with Crippen molar-refractivity contribution in [1.82, 2.24) is 14.8 Å². The first-order valence-electron chi connectivity index (χ1n) is 12.1. The Morgan fingerprint density at radius 2 is 2.03 bits per heavy atom. The van der Waals surface area contributed by atoms with E-state index in [0.29, 0.717) is 36.3 Å². The second kappa shape index (κ2) is 7.99. The van der Waals surface area contributed by atoms with E-state index in [0.717, 1.165) is 47.1 Å². The number of hydrogen-bond donors (Lipinski definition) is 1. The number of ketones is 1. The third-order valence-electron chi connectivity index (χ3n) is 7.85. The molecule has 0 radical (unpaired) electrons. The first-order chi connectivity index (χ1) is 16.9. The second-order valence-electron chi connectivity index (χ2n) is 9.99. The molecule has 3 aliphatic rings. The molecule has 1 spiro atoms. The summed E-state index contributed by atoms with van der Waals surface area (Å²) in [4.78, 5) is 33.8. The predicted molar refractivity (Wildman–Crippen MR) is 133 cm³/mol. The van der Waals surface area contributed by atoms with E-state index >= 15 is 0 Å². The maximum absolute atomic E-state index is 13.8. The molecule has 1 aliphatic heterocycles. The van der Waals surface area contributed by atoms with Crippen molar-refractivity contribution in [2.75, 3.05) is 40.9 Å². The van der Waals surface area contributed by atoms with Crippen LogP contribution in [0.1, 0.15) is 39.3 Å². The number of nitrogens with one attached hydrogen (secondary N) is 1. The molecule has 7 nitrogen and oxygen atoms in total. The number of nitrogens with zero attached hydrogens (tertiary/aromatic N) is 2. The highest BCUT2D eigenvalue weighted by atomic mass is 16.5. The number of rotatable bonds is 6. The summed E-state index contributed by atoms with van der Waals surface area (Å²) in [6, 6.07) is 13.5. The van der Waals surface area contributed by atoms with Crippen LogP contribution in [0.5, 0.6) is 11.5 Å². The van der Waals surface area contributed by atoms with Crippen LogP contribution in [0.2, 0.25) is 0 Å². The number of carbonyl (C=O) groups excluding carboxylic acids is 2. The molecule has 6 rings (SSSR count). The molecule has 2 atom stereocenters. The molecule has 3 aromatic rings. The van der Waals surface area contributed by atoms with Gasteiger partial charge in [-0.1, -0.05) is 24.3 Å². The first-order valence-corrected chi connectivity index (χ1v) is 12.1. The average molecular weight is 472 g/mol. The molecule has 1 aromatic heterocycles. The first kappa shape index (κ1) is 21.9. The number of H-pyrrole nitrogens is 1. The molecule has 2 fully saturated rings. The number of ether oxygens (including phenoxy) is 2. The predicted octanol–water partition coefficient (Wildman–Crippen LogP) is 4.00. The van der Waals surface area contributed by atoms with Crippen molar-refractivity contribution >= 4 is 22.6 Å². The summed E-state index contributed by atoms with van der Waals surface area (Å²) in [6.07, 6.45) is 3.72. The van der Waals surface area contributed by atoms with E-state index in [1.165, 1.54) is 0 Å². The molecule has 1 saturated carbocycles. The van der Waals surface area contributed by atoms with Gasteiger partial charge in [-0.2, -0.15) is 0 Å². The summed E-state index contributed by atoms with van der Waals surface area (Å²) < 4.78 is 11.5. The number of likely N-dealkylation sites (tertiary alicyclic amines) is 1. The van der Waals surface area contributed by atoms with Crippen LogP contribution in [0.15, 0.2) is 54.2 Å². The Kier molecular flexibility index (Phi) is 5.00. The number of methoxy groups -OCH3 is 1. The van der Waals surface area contributed by atoms with Gasteiger partial charge in [-0.15, -0.1) is 0 Å². The summed E-state index contributed by atoms with van der Waals surface area (Å²) in [5, 5.41) is 0.880. The lowest BCUT2D eigenvalue weighted by atomic mass is 9.55. The Morgan fingerprint density at radius 1 is 1.20 bits per heavy atom. The Morgan fingerprint density at radius 3 is 2.77 bits per heavy atom. The van der Waals surface area contributed by atoms with Crippen molar-refractivity contribution in [3.8, 4) is 11.5 Å². The van der Waals surface area contributed by atoms with Crippen LogP contribution < -0.4 is 9.47 Å². The van der Waals surface area contributed by atoms with Crippen molar-refractivity contribution in [1.29, 1.82) is 0 Å². The van der Waals surface area contributed by atoms with Gasteiger partial charge in [0.1, 0.15) is 12.3 Å². The number of hydrogen-bond acceptors (Lipinski definition) is 5. The minimum atomic E-state index is -0.219. The van der Waals surface area contributed by atoms with Gasteiger partial charge in [-0.25, -0.2) is 0 Å². The number of aromatic nitrogens is 1. The molecule has 2 unspecified atom stereocenters.